The van der Waals surface area contributed by atoms with E-state index >= 15 is 0 Å². The van der Waals surface area contributed by atoms with Gasteiger partial charge in [0.15, 0.2) is 6.10 Å². The molecule has 1 heterocycles. The van der Waals surface area contributed by atoms with Crippen LogP contribution in [0.3, 0.4) is 0 Å². The van der Waals surface area contributed by atoms with Crippen molar-refractivity contribution in [2.45, 2.75) is 19.4 Å². The van der Waals surface area contributed by atoms with Crippen LogP contribution in [0.5, 0.6) is 0 Å². The zero-order chi connectivity index (χ0) is 20.1. The van der Waals surface area contributed by atoms with Crippen molar-refractivity contribution in [3.05, 3.63) is 71.2 Å². The van der Waals surface area contributed by atoms with E-state index in [2.05, 4.69) is 10.3 Å². The third-order valence-corrected chi connectivity index (χ3v) is 4.68. The number of halogens is 2. The second-order valence-corrected chi connectivity index (χ2v) is 6.82. The first kappa shape index (κ1) is 19.6. The van der Waals surface area contributed by atoms with E-state index in [1.807, 2.05) is 0 Å². The van der Waals surface area contributed by atoms with Gasteiger partial charge in [0, 0.05) is 16.6 Å². The van der Waals surface area contributed by atoms with Gasteiger partial charge in [-0.15, -0.1) is 11.3 Å². The molecule has 8 heteroatoms. The summed E-state index contributed by atoms with van der Waals surface area (Å²) in [4.78, 5) is 28.5. The quantitative estimate of drug-likeness (QED) is 0.628. The maximum atomic E-state index is 13.2. The van der Waals surface area contributed by atoms with Crippen LogP contribution in [0.2, 0.25) is 0 Å². The SMILES string of the molecule is C[C@H](OC(=O)Cc1csc(-c2ccc(F)cc2)n1)C(=O)Nc1cccc(F)c1. The fraction of sp³-hybridized carbons (Fsp3) is 0.150. The van der Waals surface area contributed by atoms with Crippen molar-refractivity contribution in [2.75, 3.05) is 5.32 Å². The summed E-state index contributed by atoms with van der Waals surface area (Å²) >= 11 is 1.32. The monoisotopic (exact) mass is 402 g/mol. The van der Waals surface area contributed by atoms with E-state index in [4.69, 9.17) is 4.74 Å². The standard InChI is InChI=1S/C20H16F2N2O3S/c1-12(19(26)23-16-4-2-3-15(22)9-16)27-18(25)10-17-11-28-20(24-17)13-5-7-14(21)8-6-13/h2-9,11-12H,10H2,1H3,(H,23,26)/t12-/m0/s1. The van der Waals surface area contributed by atoms with Crippen LogP contribution in [-0.4, -0.2) is 23.0 Å². The molecule has 0 fully saturated rings. The Balaban J connectivity index is 1.55. The Morgan fingerprint density at radius 3 is 2.61 bits per heavy atom. The van der Waals surface area contributed by atoms with Crippen molar-refractivity contribution < 1.29 is 23.1 Å². The molecule has 0 spiro atoms. The third kappa shape index (κ3) is 5.20. The average molecular weight is 402 g/mol. The van der Waals surface area contributed by atoms with Crippen molar-refractivity contribution in [3.63, 3.8) is 0 Å². The number of ether oxygens (including phenoxy) is 1. The van der Waals surface area contributed by atoms with Crippen molar-refractivity contribution in [1.82, 2.24) is 4.98 Å². The van der Waals surface area contributed by atoms with Gasteiger partial charge in [-0.3, -0.25) is 9.59 Å². The molecule has 5 nitrogen and oxygen atoms in total. The first-order valence-electron chi connectivity index (χ1n) is 8.37. The van der Waals surface area contributed by atoms with E-state index < -0.39 is 23.8 Å². The Labute approximate surface area is 164 Å². The lowest BCUT2D eigenvalue weighted by molar-refractivity contribution is -0.152. The van der Waals surface area contributed by atoms with E-state index in [9.17, 15) is 18.4 Å². The molecule has 144 valence electrons. The van der Waals surface area contributed by atoms with Crippen LogP contribution >= 0.6 is 11.3 Å². The number of nitrogens with one attached hydrogen (secondary N) is 1. The van der Waals surface area contributed by atoms with Gasteiger partial charge in [0.25, 0.3) is 5.91 Å². The van der Waals surface area contributed by atoms with Gasteiger partial charge in [0.2, 0.25) is 0 Å². The normalized spacial score (nSPS) is 11.7. The minimum Gasteiger partial charge on any atom is -0.452 e. The maximum absolute atomic E-state index is 13.2. The minimum atomic E-state index is -1.05. The van der Waals surface area contributed by atoms with Crippen LogP contribution in [0, 0.1) is 11.6 Å². The molecule has 1 atom stereocenters. The largest absolute Gasteiger partial charge is 0.452 e. The molecule has 0 aliphatic carbocycles. The van der Waals surface area contributed by atoms with Crippen molar-refractivity contribution in [3.8, 4) is 10.6 Å². The molecular weight excluding hydrogens is 386 g/mol. The molecule has 3 rings (SSSR count). The number of benzene rings is 2. The highest BCUT2D eigenvalue weighted by molar-refractivity contribution is 7.13. The number of nitrogens with zero attached hydrogens (tertiary/aromatic N) is 1. The molecule has 0 saturated heterocycles. The van der Waals surface area contributed by atoms with E-state index in [1.165, 1.54) is 54.7 Å². The van der Waals surface area contributed by atoms with Crippen LogP contribution < -0.4 is 5.32 Å². The van der Waals surface area contributed by atoms with Gasteiger partial charge in [-0.05, 0) is 49.4 Å². The molecule has 0 saturated carbocycles. The Morgan fingerprint density at radius 1 is 1.14 bits per heavy atom. The second-order valence-electron chi connectivity index (χ2n) is 5.96. The fourth-order valence-corrected chi connectivity index (χ4v) is 3.19. The molecule has 2 aromatic carbocycles. The molecular formula is C20H16F2N2O3S. The molecule has 0 bridgehead atoms. The first-order chi connectivity index (χ1) is 13.4. The van der Waals surface area contributed by atoms with Gasteiger partial charge < -0.3 is 10.1 Å². The molecule has 1 N–H and O–H groups in total. The van der Waals surface area contributed by atoms with E-state index in [0.29, 0.717) is 10.7 Å². The van der Waals surface area contributed by atoms with E-state index in [-0.39, 0.29) is 17.9 Å². The van der Waals surface area contributed by atoms with Gasteiger partial charge in [-0.1, -0.05) is 6.07 Å². The lowest BCUT2D eigenvalue weighted by Crippen LogP contribution is -2.30. The number of amides is 1. The van der Waals surface area contributed by atoms with Gasteiger partial charge in [0.1, 0.15) is 16.6 Å². The van der Waals surface area contributed by atoms with Gasteiger partial charge >= 0.3 is 5.97 Å². The van der Waals surface area contributed by atoms with Crippen molar-refractivity contribution in [2.24, 2.45) is 0 Å². The number of hydrogen-bond acceptors (Lipinski definition) is 5. The number of rotatable bonds is 6. The average Bonchev–Trinajstić information content (AvgIpc) is 3.10. The zero-order valence-corrected chi connectivity index (χ0v) is 15.6. The molecule has 3 aromatic rings. The molecule has 0 unspecified atom stereocenters. The number of esters is 1. The number of thiazole rings is 1. The smallest absolute Gasteiger partial charge is 0.312 e. The van der Waals surface area contributed by atoms with Crippen LogP contribution in [0.15, 0.2) is 53.9 Å². The summed E-state index contributed by atoms with van der Waals surface area (Å²) < 4.78 is 31.3. The van der Waals surface area contributed by atoms with Crippen LogP contribution in [0.4, 0.5) is 14.5 Å². The summed E-state index contributed by atoms with van der Waals surface area (Å²) in [6.07, 6.45) is -1.15. The minimum absolute atomic E-state index is 0.102. The maximum Gasteiger partial charge on any atom is 0.312 e. The fourth-order valence-electron chi connectivity index (χ4n) is 2.36. The van der Waals surface area contributed by atoms with Crippen LogP contribution in [0.25, 0.3) is 10.6 Å². The summed E-state index contributed by atoms with van der Waals surface area (Å²) in [6.45, 7) is 1.43. The number of aromatic nitrogens is 1. The highest BCUT2D eigenvalue weighted by atomic mass is 32.1. The molecule has 28 heavy (non-hydrogen) atoms. The Bertz CT molecular complexity index is 989. The number of hydrogen-bond donors (Lipinski definition) is 1. The molecule has 1 amide bonds. The highest BCUT2D eigenvalue weighted by Crippen LogP contribution is 2.24. The van der Waals surface area contributed by atoms with Gasteiger partial charge in [0.05, 0.1) is 12.1 Å². The Hall–Kier alpha value is -3.13. The summed E-state index contributed by atoms with van der Waals surface area (Å²) in [7, 11) is 0. The lowest BCUT2D eigenvalue weighted by atomic mass is 10.2. The van der Waals surface area contributed by atoms with Crippen LogP contribution in [0.1, 0.15) is 12.6 Å². The van der Waals surface area contributed by atoms with E-state index in [0.717, 1.165) is 5.56 Å². The van der Waals surface area contributed by atoms with Gasteiger partial charge in [-0.2, -0.15) is 0 Å². The van der Waals surface area contributed by atoms with E-state index in [1.54, 1.807) is 17.5 Å². The van der Waals surface area contributed by atoms with Crippen LogP contribution in [-0.2, 0) is 20.7 Å². The highest BCUT2D eigenvalue weighted by Gasteiger charge is 2.19. The predicted molar refractivity (Wildman–Crippen MR) is 102 cm³/mol. The zero-order valence-electron chi connectivity index (χ0n) is 14.8. The Kier molecular flexibility index (Phi) is 6.10. The van der Waals surface area contributed by atoms with Crippen molar-refractivity contribution in [1.29, 1.82) is 0 Å². The summed E-state index contributed by atoms with van der Waals surface area (Å²) in [5.74, 6) is -2.00. The molecule has 0 aliphatic heterocycles. The molecule has 0 aliphatic rings. The number of anilines is 1. The lowest BCUT2D eigenvalue weighted by Gasteiger charge is -2.13. The number of carbonyl (C=O) groups is 2. The number of carbonyl (C=O) groups excluding carboxylic acids is 2. The first-order valence-corrected chi connectivity index (χ1v) is 9.25. The summed E-state index contributed by atoms with van der Waals surface area (Å²) in [5, 5.41) is 4.84. The second kappa shape index (κ2) is 8.71. The third-order valence-electron chi connectivity index (χ3n) is 3.74. The van der Waals surface area contributed by atoms with Crippen molar-refractivity contribution >= 4 is 28.9 Å². The topological polar surface area (TPSA) is 68.3 Å². The Morgan fingerprint density at radius 2 is 1.89 bits per heavy atom. The van der Waals surface area contributed by atoms with Gasteiger partial charge in [-0.25, -0.2) is 13.8 Å². The molecule has 1 aromatic heterocycles. The summed E-state index contributed by atoms with van der Waals surface area (Å²) in [5.41, 5.74) is 1.51. The summed E-state index contributed by atoms with van der Waals surface area (Å²) in [6, 6.07) is 11.3. The molecule has 0 radical (unpaired) electrons. The predicted octanol–water partition coefficient (Wildman–Crippen LogP) is 4.20.